The predicted octanol–water partition coefficient (Wildman–Crippen LogP) is 6.33. The SMILES string of the molecule is CC(C)COc1ccc(NC(=O)C2(C)COC(c3ccc(Br)cc3)OC2)c2ccccc12. The quantitative estimate of drug-likeness (QED) is 0.432. The van der Waals surface area contributed by atoms with E-state index in [-0.39, 0.29) is 19.1 Å². The molecule has 0 aromatic heterocycles. The third-order valence-electron chi connectivity index (χ3n) is 5.50. The Morgan fingerprint density at radius 3 is 2.38 bits per heavy atom. The second kappa shape index (κ2) is 9.61. The average molecular weight is 498 g/mol. The summed E-state index contributed by atoms with van der Waals surface area (Å²) in [5.74, 6) is 1.12. The second-order valence-electron chi connectivity index (χ2n) is 8.88. The van der Waals surface area contributed by atoms with Crippen molar-refractivity contribution >= 4 is 38.3 Å². The molecule has 0 saturated carbocycles. The fraction of sp³-hybridized carbons (Fsp3) is 0.346. The van der Waals surface area contributed by atoms with Gasteiger partial charge < -0.3 is 19.5 Å². The largest absolute Gasteiger partial charge is 0.493 e. The van der Waals surface area contributed by atoms with Crippen LogP contribution >= 0.6 is 15.9 Å². The van der Waals surface area contributed by atoms with E-state index in [2.05, 4.69) is 35.1 Å². The first-order chi connectivity index (χ1) is 15.4. The van der Waals surface area contributed by atoms with Gasteiger partial charge in [0.05, 0.1) is 25.2 Å². The standard InChI is InChI=1S/C26H28BrNO4/c1-17(2)14-30-23-13-12-22(20-6-4-5-7-21(20)23)28-25(29)26(3)15-31-24(32-16-26)18-8-10-19(27)11-9-18/h4-13,17,24H,14-16H2,1-3H3,(H,28,29). The number of hydrogen-bond donors (Lipinski definition) is 1. The Hall–Kier alpha value is -2.41. The first kappa shape index (κ1) is 22.8. The summed E-state index contributed by atoms with van der Waals surface area (Å²) in [7, 11) is 0. The van der Waals surface area contributed by atoms with Crippen LogP contribution in [0, 0.1) is 11.3 Å². The summed E-state index contributed by atoms with van der Waals surface area (Å²) < 4.78 is 18.8. The normalized spacial score (nSPS) is 21.0. The number of carbonyl (C=O) groups is 1. The molecule has 0 aliphatic carbocycles. The smallest absolute Gasteiger partial charge is 0.235 e. The summed E-state index contributed by atoms with van der Waals surface area (Å²) in [6.07, 6.45) is -0.470. The summed E-state index contributed by atoms with van der Waals surface area (Å²) in [4.78, 5) is 13.2. The highest BCUT2D eigenvalue weighted by Gasteiger charge is 2.40. The van der Waals surface area contributed by atoms with Crippen molar-refractivity contribution in [1.82, 2.24) is 0 Å². The zero-order valence-electron chi connectivity index (χ0n) is 18.6. The average Bonchev–Trinajstić information content (AvgIpc) is 2.79. The molecule has 0 atom stereocenters. The Bertz CT molecular complexity index is 1090. The Morgan fingerprint density at radius 1 is 1.06 bits per heavy atom. The van der Waals surface area contributed by atoms with Gasteiger partial charge in [-0.3, -0.25) is 4.79 Å². The van der Waals surface area contributed by atoms with Gasteiger partial charge in [-0.15, -0.1) is 0 Å². The summed E-state index contributed by atoms with van der Waals surface area (Å²) in [5.41, 5.74) is 0.886. The molecule has 0 unspecified atom stereocenters. The van der Waals surface area contributed by atoms with Crippen molar-refractivity contribution in [2.75, 3.05) is 25.1 Å². The van der Waals surface area contributed by atoms with Gasteiger partial charge in [0, 0.05) is 26.5 Å². The lowest BCUT2D eigenvalue weighted by Gasteiger charge is -2.36. The molecule has 1 saturated heterocycles. The lowest BCUT2D eigenvalue weighted by Crippen LogP contribution is -2.45. The number of ether oxygens (including phenoxy) is 3. The topological polar surface area (TPSA) is 56.8 Å². The van der Waals surface area contributed by atoms with Gasteiger partial charge in [0.25, 0.3) is 0 Å². The van der Waals surface area contributed by atoms with Crippen LogP contribution < -0.4 is 10.1 Å². The van der Waals surface area contributed by atoms with Gasteiger partial charge in [-0.25, -0.2) is 0 Å². The number of rotatable bonds is 6. The molecule has 32 heavy (non-hydrogen) atoms. The van der Waals surface area contributed by atoms with E-state index in [4.69, 9.17) is 14.2 Å². The maximum absolute atomic E-state index is 13.2. The van der Waals surface area contributed by atoms with Crippen LogP contribution in [0.2, 0.25) is 0 Å². The summed E-state index contributed by atoms with van der Waals surface area (Å²) >= 11 is 3.43. The molecule has 1 heterocycles. The molecule has 0 spiro atoms. The van der Waals surface area contributed by atoms with Gasteiger partial charge in [0.15, 0.2) is 6.29 Å². The van der Waals surface area contributed by atoms with Crippen molar-refractivity contribution < 1.29 is 19.0 Å². The lowest BCUT2D eigenvalue weighted by atomic mass is 9.90. The number of carbonyl (C=O) groups excluding carboxylic acids is 1. The molecular formula is C26H28BrNO4. The van der Waals surface area contributed by atoms with Crippen molar-refractivity contribution in [3.8, 4) is 5.75 Å². The lowest BCUT2D eigenvalue weighted by molar-refractivity contribution is -0.226. The van der Waals surface area contributed by atoms with E-state index < -0.39 is 11.7 Å². The highest BCUT2D eigenvalue weighted by molar-refractivity contribution is 9.10. The molecule has 1 amide bonds. The molecule has 3 aromatic rings. The van der Waals surface area contributed by atoms with E-state index >= 15 is 0 Å². The van der Waals surface area contributed by atoms with Crippen molar-refractivity contribution in [2.45, 2.75) is 27.1 Å². The maximum Gasteiger partial charge on any atom is 0.235 e. The molecule has 4 rings (SSSR count). The minimum atomic E-state index is -0.792. The first-order valence-corrected chi connectivity index (χ1v) is 11.6. The van der Waals surface area contributed by atoms with Gasteiger partial charge in [-0.2, -0.15) is 0 Å². The van der Waals surface area contributed by atoms with Crippen LogP contribution in [0.15, 0.2) is 65.1 Å². The molecule has 5 nitrogen and oxygen atoms in total. The summed E-state index contributed by atoms with van der Waals surface area (Å²) in [5, 5.41) is 5.00. The van der Waals surface area contributed by atoms with Crippen LogP contribution in [0.5, 0.6) is 5.75 Å². The zero-order valence-corrected chi connectivity index (χ0v) is 20.1. The van der Waals surface area contributed by atoms with Crippen molar-refractivity contribution in [1.29, 1.82) is 0 Å². The van der Waals surface area contributed by atoms with Crippen molar-refractivity contribution in [3.63, 3.8) is 0 Å². The Morgan fingerprint density at radius 2 is 1.72 bits per heavy atom. The molecule has 1 aliphatic heterocycles. The Kier molecular flexibility index (Phi) is 6.84. The Labute approximate surface area is 197 Å². The molecule has 3 aromatic carbocycles. The van der Waals surface area contributed by atoms with Crippen LogP contribution in [0.1, 0.15) is 32.6 Å². The molecule has 168 valence electrons. The highest BCUT2D eigenvalue weighted by Crippen LogP contribution is 2.36. The van der Waals surface area contributed by atoms with E-state index in [1.54, 1.807) is 0 Å². The van der Waals surface area contributed by atoms with Gasteiger partial charge in [0.1, 0.15) is 5.75 Å². The predicted molar refractivity (Wildman–Crippen MR) is 130 cm³/mol. The van der Waals surface area contributed by atoms with Crippen LogP contribution in [0.25, 0.3) is 10.8 Å². The second-order valence-corrected chi connectivity index (χ2v) is 9.80. The van der Waals surface area contributed by atoms with Gasteiger partial charge in [0.2, 0.25) is 5.91 Å². The molecule has 1 N–H and O–H groups in total. The molecular weight excluding hydrogens is 470 g/mol. The minimum absolute atomic E-state index is 0.132. The van der Waals surface area contributed by atoms with E-state index in [0.29, 0.717) is 12.5 Å². The molecule has 0 bridgehead atoms. The number of amides is 1. The van der Waals surface area contributed by atoms with Crippen LogP contribution in [0.4, 0.5) is 5.69 Å². The van der Waals surface area contributed by atoms with Crippen molar-refractivity contribution in [2.24, 2.45) is 11.3 Å². The van der Waals surface area contributed by atoms with Gasteiger partial charge in [-0.05, 0) is 37.1 Å². The van der Waals surface area contributed by atoms with Crippen LogP contribution in [-0.2, 0) is 14.3 Å². The summed E-state index contributed by atoms with van der Waals surface area (Å²) in [6.45, 7) is 7.28. The fourth-order valence-electron chi connectivity index (χ4n) is 3.59. The fourth-order valence-corrected chi connectivity index (χ4v) is 3.85. The van der Waals surface area contributed by atoms with E-state index in [0.717, 1.165) is 32.2 Å². The number of nitrogens with one attached hydrogen (secondary N) is 1. The van der Waals surface area contributed by atoms with Crippen LogP contribution in [-0.4, -0.2) is 25.7 Å². The number of benzene rings is 3. The molecule has 1 aliphatic rings. The summed E-state index contributed by atoms with van der Waals surface area (Å²) in [6, 6.07) is 19.5. The minimum Gasteiger partial charge on any atom is -0.493 e. The number of fused-ring (bicyclic) bond motifs is 1. The van der Waals surface area contributed by atoms with E-state index in [1.165, 1.54) is 0 Å². The van der Waals surface area contributed by atoms with Gasteiger partial charge in [-0.1, -0.05) is 66.2 Å². The third-order valence-corrected chi connectivity index (χ3v) is 6.03. The molecule has 1 fully saturated rings. The van der Waals surface area contributed by atoms with Crippen LogP contribution in [0.3, 0.4) is 0 Å². The number of anilines is 1. The number of halogens is 1. The number of hydrogen-bond acceptors (Lipinski definition) is 4. The maximum atomic E-state index is 13.2. The van der Waals surface area contributed by atoms with E-state index in [9.17, 15) is 4.79 Å². The highest BCUT2D eigenvalue weighted by atomic mass is 79.9. The monoisotopic (exact) mass is 497 g/mol. The van der Waals surface area contributed by atoms with Crippen molar-refractivity contribution in [3.05, 3.63) is 70.7 Å². The Balaban J connectivity index is 1.48. The van der Waals surface area contributed by atoms with Gasteiger partial charge >= 0.3 is 0 Å². The molecule has 6 heteroatoms. The zero-order chi connectivity index (χ0) is 22.7. The third kappa shape index (κ3) is 4.98. The molecule has 0 radical (unpaired) electrons. The first-order valence-electron chi connectivity index (χ1n) is 10.8. The van der Waals surface area contributed by atoms with E-state index in [1.807, 2.05) is 67.6 Å².